The van der Waals surface area contributed by atoms with E-state index in [1.165, 1.54) is 0 Å². The van der Waals surface area contributed by atoms with Gasteiger partial charge in [0.1, 0.15) is 12.2 Å². The molecule has 1 amide bonds. The van der Waals surface area contributed by atoms with Gasteiger partial charge in [-0.3, -0.25) is 5.32 Å². The number of carbonyl (C=O) groups excluding carboxylic acids is 1. The van der Waals surface area contributed by atoms with E-state index in [9.17, 15) is 31.1 Å². The van der Waals surface area contributed by atoms with Crippen molar-refractivity contribution in [2.45, 2.75) is 35.4 Å². The third kappa shape index (κ3) is 4.98. The van der Waals surface area contributed by atoms with E-state index in [-0.39, 0.29) is 24.1 Å². The number of carbonyl (C=O) groups is 1. The number of aromatic nitrogens is 1. The Bertz CT molecular complexity index is 716. The molecule has 1 aliphatic carbocycles. The van der Waals surface area contributed by atoms with E-state index >= 15 is 0 Å². The second-order valence-electron chi connectivity index (χ2n) is 5.30. The molecule has 0 saturated heterocycles. The minimum absolute atomic E-state index is 0.0175. The van der Waals surface area contributed by atoms with Crippen LogP contribution in [0.1, 0.15) is 28.9 Å². The van der Waals surface area contributed by atoms with Crippen molar-refractivity contribution in [2.24, 2.45) is 0 Å². The number of nitrogens with one attached hydrogen (secondary N) is 1. The summed E-state index contributed by atoms with van der Waals surface area (Å²) >= 11 is 16.1. The monoisotopic (exact) mass is 444 g/mol. The molecule has 146 valence electrons. The number of alkyl halides is 9. The first kappa shape index (κ1) is 21.2. The standard InChI is InChI=1S/C13H9Cl3F6N2O2/c14-11(15,16)4-26-10(25)24-8-5-2-1-3-6(5)23-9(13(20,21)22)7(8)12(17,18)19/h1-4H2,(H,23,24,25). The fourth-order valence-corrected chi connectivity index (χ4v) is 2.65. The first-order valence-electron chi connectivity index (χ1n) is 6.91. The molecule has 0 fully saturated rings. The van der Waals surface area contributed by atoms with Gasteiger partial charge in [0.2, 0.25) is 3.79 Å². The number of amides is 1. The Hall–Kier alpha value is -1.13. The minimum atomic E-state index is -5.42. The zero-order chi connectivity index (χ0) is 19.9. The highest BCUT2D eigenvalue weighted by Gasteiger charge is 2.48. The van der Waals surface area contributed by atoms with Crippen LogP contribution in [0.15, 0.2) is 0 Å². The van der Waals surface area contributed by atoms with Crippen molar-refractivity contribution in [3.63, 3.8) is 0 Å². The predicted molar refractivity (Wildman–Crippen MR) is 81.5 cm³/mol. The molecule has 1 aliphatic rings. The molecule has 0 aliphatic heterocycles. The molecule has 1 heterocycles. The summed E-state index contributed by atoms with van der Waals surface area (Å²) in [4.78, 5) is 14.9. The number of halogens is 9. The molecule has 4 nitrogen and oxygen atoms in total. The van der Waals surface area contributed by atoms with Crippen molar-refractivity contribution in [1.82, 2.24) is 4.98 Å². The van der Waals surface area contributed by atoms with Gasteiger partial charge in [-0.15, -0.1) is 0 Å². The summed E-state index contributed by atoms with van der Waals surface area (Å²) in [7, 11) is 0. The average Bonchev–Trinajstić information content (AvgIpc) is 2.90. The smallest absolute Gasteiger partial charge is 0.434 e. The predicted octanol–water partition coefficient (Wildman–Crippen LogP) is 5.53. The van der Waals surface area contributed by atoms with Crippen LogP contribution < -0.4 is 5.32 Å². The van der Waals surface area contributed by atoms with Crippen LogP contribution in [-0.4, -0.2) is 21.5 Å². The van der Waals surface area contributed by atoms with Crippen LogP contribution in [0.25, 0.3) is 0 Å². The third-order valence-corrected chi connectivity index (χ3v) is 3.70. The number of pyridine rings is 1. The van der Waals surface area contributed by atoms with Gasteiger partial charge in [-0.1, -0.05) is 34.8 Å². The fourth-order valence-electron chi connectivity index (χ4n) is 2.49. The Morgan fingerprint density at radius 2 is 1.69 bits per heavy atom. The SMILES string of the molecule is O=C(Nc1c2c(nc(C(F)(F)F)c1C(F)(F)F)CCC2)OCC(Cl)(Cl)Cl. The largest absolute Gasteiger partial charge is 0.445 e. The van der Waals surface area contributed by atoms with E-state index in [0.717, 1.165) is 0 Å². The van der Waals surface area contributed by atoms with E-state index in [0.29, 0.717) is 6.42 Å². The summed E-state index contributed by atoms with van der Waals surface area (Å²) in [5.41, 5.74) is -5.54. The number of nitrogens with zero attached hydrogens (tertiary/aromatic N) is 1. The van der Waals surface area contributed by atoms with Crippen LogP contribution in [0.4, 0.5) is 36.8 Å². The molecule has 1 N–H and O–H groups in total. The average molecular weight is 446 g/mol. The van der Waals surface area contributed by atoms with Crippen LogP contribution >= 0.6 is 34.8 Å². The molecule has 0 saturated carbocycles. The van der Waals surface area contributed by atoms with E-state index in [4.69, 9.17) is 34.8 Å². The van der Waals surface area contributed by atoms with Gasteiger partial charge in [0.15, 0.2) is 5.69 Å². The normalized spacial score (nSPS) is 15.0. The molecule has 1 aromatic heterocycles. The first-order chi connectivity index (χ1) is 11.7. The van der Waals surface area contributed by atoms with Gasteiger partial charge in [-0.05, 0) is 24.8 Å². The number of ether oxygens (including phenoxy) is 1. The summed E-state index contributed by atoms with van der Waals surface area (Å²) in [6.07, 6.45) is -11.9. The number of anilines is 1. The summed E-state index contributed by atoms with van der Waals surface area (Å²) in [5.74, 6) is 0. The minimum Gasteiger partial charge on any atom is -0.445 e. The van der Waals surface area contributed by atoms with E-state index < -0.39 is 45.8 Å². The molecular formula is C13H9Cl3F6N2O2. The molecule has 2 rings (SSSR count). The van der Waals surface area contributed by atoms with Crippen molar-refractivity contribution in [2.75, 3.05) is 11.9 Å². The van der Waals surface area contributed by atoms with Gasteiger partial charge in [0, 0.05) is 5.69 Å². The maximum absolute atomic E-state index is 13.3. The molecule has 0 spiro atoms. The Morgan fingerprint density at radius 1 is 1.08 bits per heavy atom. The van der Waals surface area contributed by atoms with Crippen molar-refractivity contribution in [3.8, 4) is 0 Å². The quantitative estimate of drug-likeness (QED) is 0.481. The van der Waals surface area contributed by atoms with Crippen molar-refractivity contribution in [3.05, 3.63) is 22.5 Å². The highest BCUT2D eigenvalue weighted by molar-refractivity contribution is 6.67. The van der Waals surface area contributed by atoms with Crippen LogP contribution in [0.2, 0.25) is 0 Å². The lowest BCUT2D eigenvalue weighted by atomic mass is 10.0. The van der Waals surface area contributed by atoms with E-state index in [1.54, 1.807) is 5.32 Å². The molecule has 0 unspecified atom stereocenters. The number of aryl methyl sites for hydroxylation is 1. The maximum Gasteiger partial charge on any atom is 0.434 e. The molecular weight excluding hydrogens is 437 g/mol. The number of hydrogen-bond acceptors (Lipinski definition) is 3. The molecule has 0 bridgehead atoms. The number of hydrogen-bond donors (Lipinski definition) is 1. The third-order valence-electron chi connectivity index (χ3n) is 3.37. The van der Waals surface area contributed by atoms with E-state index in [1.807, 2.05) is 0 Å². The van der Waals surface area contributed by atoms with Crippen molar-refractivity contribution >= 4 is 46.6 Å². The lowest BCUT2D eigenvalue weighted by Gasteiger charge is -2.22. The topological polar surface area (TPSA) is 51.2 Å². The fraction of sp³-hybridized carbons (Fsp3) is 0.538. The second-order valence-corrected chi connectivity index (χ2v) is 7.82. The Labute approximate surface area is 157 Å². The van der Waals surface area contributed by atoms with Gasteiger partial charge in [-0.25, -0.2) is 9.78 Å². The summed E-state index contributed by atoms with van der Waals surface area (Å²) in [6.45, 7) is -0.815. The second kappa shape index (κ2) is 7.12. The Kier molecular flexibility index (Phi) is 5.80. The Morgan fingerprint density at radius 3 is 2.19 bits per heavy atom. The van der Waals surface area contributed by atoms with E-state index in [2.05, 4.69) is 9.72 Å². The van der Waals surface area contributed by atoms with Gasteiger partial charge in [-0.2, -0.15) is 26.3 Å². The number of rotatable bonds is 2. The van der Waals surface area contributed by atoms with Crippen molar-refractivity contribution < 1.29 is 35.9 Å². The molecule has 1 aromatic rings. The van der Waals surface area contributed by atoms with Crippen LogP contribution in [0.3, 0.4) is 0 Å². The first-order valence-corrected chi connectivity index (χ1v) is 8.04. The Balaban J connectivity index is 2.53. The lowest BCUT2D eigenvalue weighted by Crippen LogP contribution is -2.26. The molecule has 0 aromatic carbocycles. The molecule has 26 heavy (non-hydrogen) atoms. The van der Waals surface area contributed by atoms with Gasteiger partial charge < -0.3 is 4.74 Å². The van der Waals surface area contributed by atoms with Crippen LogP contribution in [0.5, 0.6) is 0 Å². The zero-order valence-corrected chi connectivity index (χ0v) is 14.8. The highest BCUT2D eigenvalue weighted by atomic mass is 35.6. The van der Waals surface area contributed by atoms with Gasteiger partial charge >= 0.3 is 18.4 Å². The van der Waals surface area contributed by atoms with Gasteiger partial charge in [0.25, 0.3) is 0 Å². The van der Waals surface area contributed by atoms with Gasteiger partial charge in [0.05, 0.1) is 5.69 Å². The highest BCUT2D eigenvalue weighted by Crippen LogP contribution is 2.46. The lowest BCUT2D eigenvalue weighted by molar-refractivity contribution is -0.164. The number of fused-ring (bicyclic) bond motifs is 1. The maximum atomic E-state index is 13.3. The molecule has 0 radical (unpaired) electrons. The summed E-state index contributed by atoms with van der Waals surface area (Å²) in [6, 6.07) is 0. The molecule has 13 heteroatoms. The molecule has 0 atom stereocenters. The van der Waals surface area contributed by atoms with Crippen LogP contribution in [0, 0.1) is 0 Å². The summed E-state index contributed by atoms with van der Waals surface area (Å²) in [5, 5.41) is 1.71. The zero-order valence-electron chi connectivity index (χ0n) is 12.5. The van der Waals surface area contributed by atoms with Crippen LogP contribution in [-0.2, 0) is 29.9 Å². The summed E-state index contributed by atoms with van der Waals surface area (Å²) < 4.78 is 81.8. The van der Waals surface area contributed by atoms with Crippen molar-refractivity contribution in [1.29, 1.82) is 0 Å².